The van der Waals surface area contributed by atoms with Gasteiger partial charge in [-0.15, -0.1) is 0 Å². The van der Waals surface area contributed by atoms with Gasteiger partial charge in [0.1, 0.15) is 5.75 Å². The number of nitrogens with zero attached hydrogens (tertiary/aromatic N) is 1. The summed E-state index contributed by atoms with van der Waals surface area (Å²) in [5.74, 6) is 0.585. The summed E-state index contributed by atoms with van der Waals surface area (Å²) in [5, 5.41) is 0. The number of hydrogen-bond acceptors (Lipinski definition) is 4. The zero-order valence-corrected chi connectivity index (χ0v) is 12.0. The Morgan fingerprint density at radius 1 is 1.45 bits per heavy atom. The number of anilines is 1. The van der Waals surface area contributed by atoms with E-state index < -0.39 is 0 Å². The van der Waals surface area contributed by atoms with E-state index >= 15 is 0 Å². The van der Waals surface area contributed by atoms with Crippen LogP contribution in [-0.4, -0.2) is 30.0 Å². The smallest absolute Gasteiger partial charge is 0.234 e. The van der Waals surface area contributed by atoms with Gasteiger partial charge in [-0.25, -0.2) is 0 Å². The van der Waals surface area contributed by atoms with Crippen LogP contribution < -0.4 is 16.2 Å². The summed E-state index contributed by atoms with van der Waals surface area (Å²) in [5.41, 5.74) is 13.1. The first kappa shape index (κ1) is 14.7. The van der Waals surface area contributed by atoms with E-state index in [1.165, 1.54) is 0 Å². The normalized spacial score (nSPS) is 19.8. The lowest BCUT2D eigenvalue weighted by atomic mass is 10.0. The molecule has 0 saturated carbocycles. The minimum Gasteiger partial charge on any atom is -0.494 e. The van der Waals surface area contributed by atoms with Gasteiger partial charge in [0.25, 0.3) is 0 Å². The van der Waals surface area contributed by atoms with Crippen molar-refractivity contribution in [3.05, 3.63) is 23.8 Å². The van der Waals surface area contributed by atoms with Crippen LogP contribution in [0.5, 0.6) is 5.75 Å². The lowest BCUT2D eigenvalue weighted by Crippen LogP contribution is -2.47. The summed E-state index contributed by atoms with van der Waals surface area (Å²) < 4.78 is 5.63. The minimum absolute atomic E-state index is 0.181. The second-order valence-corrected chi connectivity index (χ2v) is 5.18. The van der Waals surface area contributed by atoms with E-state index in [1.807, 2.05) is 25.1 Å². The molecule has 1 amide bonds. The van der Waals surface area contributed by atoms with E-state index in [9.17, 15) is 4.79 Å². The highest BCUT2D eigenvalue weighted by molar-refractivity contribution is 5.79. The lowest BCUT2D eigenvalue weighted by molar-refractivity contribution is -0.124. The number of carbonyl (C=O) groups excluding carboxylic acids is 1. The molecule has 1 fully saturated rings. The highest BCUT2D eigenvalue weighted by Crippen LogP contribution is 2.26. The minimum atomic E-state index is -0.244. The third-order valence-corrected chi connectivity index (χ3v) is 3.70. The van der Waals surface area contributed by atoms with Crippen molar-refractivity contribution in [1.82, 2.24) is 4.90 Å². The number of primary amides is 1. The molecule has 0 aliphatic carbocycles. The van der Waals surface area contributed by atoms with Crippen molar-refractivity contribution in [2.75, 3.05) is 18.9 Å². The molecule has 1 atom stereocenters. The summed E-state index contributed by atoms with van der Waals surface area (Å²) in [6.45, 7) is 4.09. The van der Waals surface area contributed by atoms with Gasteiger partial charge in [-0.2, -0.15) is 0 Å². The molecule has 1 heterocycles. The van der Waals surface area contributed by atoms with Crippen molar-refractivity contribution in [3.63, 3.8) is 0 Å². The van der Waals surface area contributed by atoms with E-state index in [1.54, 1.807) is 0 Å². The first-order valence-electron chi connectivity index (χ1n) is 7.16. The molecule has 110 valence electrons. The summed E-state index contributed by atoms with van der Waals surface area (Å²) in [6, 6.07) is 5.45. The predicted octanol–water partition coefficient (Wildman–Crippen LogP) is 1.51. The number of nitrogen functional groups attached to an aromatic ring is 1. The SMILES string of the molecule is CCOc1ccc(N)cc1CN1CCCCC1C(N)=O. The number of rotatable bonds is 5. The largest absolute Gasteiger partial charge is 0.494 e. The van der Waals surface area contributed by atoms with Crippen LogP contribution in [0.2, 0.25) is 0 Å². The third-order valence-electron chi connectivity index (χ3n) is 3.70. The average Bonchev–Trinajstić information content (AvgIpc) is 2.42. The molecular formula is C15H23N3O2. The first-order valence-corrected chi connectivity index (χ1v) is 7.16. The van der Waals surface area contributed by atoms with Gasteiger partial charge >= 0.3 is 0 Å². The molecule has 1 aliphatic rings. The number of nitrogens with two attached hydrogens (primary N) is 2. The van der Waals surface area contributed by atoms with E-state index in [0.717, 1.165) is 37.1 Å². The lowest BCUT2D eigenvalue weighted by Gasteiger charge is -2.34. The van der Waals surface area contributed by atoms with Gasteiger partial charge in [0, 0.05) is 17.8 Å². The molecule has 20 heavy (non-hydrogen) atoms. The standard InChI is InChI=1S/C15H23N3O2/c1-2-20-14-7-6-12(16)9-11(14)10-18-8-4-3-5-13(18)15(17)19/h6-7,9,13H,2-5,8,10,16H2,1H3,(H2,17,19). The van der Waals surface area contributed by atoms with E-state index in [2.05, 4.69) is 4.90 Å². The van der Waals surface area contributed by atoms with Gasteiger partial charge < -0.3 is 16.2 Å². The fraction of sp³-hybridized carbons (Fsp3) is 0.533. The maximum absolute atomic E-state index is 11.6. The quantitative estimate of drug-likeness (QED) is 0.799. The Labute approximate surface area is 119 Å². The van der Waals surface area contributed by atoms with Crippen molar-refractivity contribution in [2.24, 2.45) is 5.73 Å². The second-order valence-electron chi connectivity index (χ2n) is 5.18. The molecule has 0 bridgehead atoms. The molecule has 1 aliphatic heterocycles. The summed E-state index contributed by atoms with van der Waals surface area (Å²) >= 11 is 0. The Morgan fingerprint density at radius 3 is 2.95 bits per heavy atom. The van der Waals surface area contributed by atoms with Crippen LogP contribution in [0, 0.1) is 0 Å². The van der Waals surface area contributed by atoms with Gasteiger partial charge in [0.2, 0.25) is 5.91 Å². The molecule has 0 radical (unpaired) electrons. The molecular weight excluding hydrogens is 254 g/mol. The molecule has 4 N–H and O–H groups in total. The van der Waals surface area contributed by atoms with Crippen molar-refractivity contribution in [2.45, 2.75) is 38.8 Å². The number of piperidine rings is 1. The van der Waals surface area contributed by atoms with Gasteiger partial charge in [-0.05, 0) is 44.5 Å². The van der Waals surface area contributed by atoms with E-state index in [-0.39, 0.29) is 11.9 Å². The van der Waals surface area contributed by atoms with Crippen LogP contribution in [0.1, 0.15) is 31.7 Å². The zero-order valence-electron chi connectivity index (χ0n) is 12.0. The number of amides is 1. The molecule has 1 saturated heterocycles. The molecule has 1 unspecified atom stereocenters. The van der Waals surface area contributed by atoms with Crippen LogP contribution in [0.3, 0.4) is 0 Å². The average molecular weight is 277 g/mol. The topological polar surface area (TPSA) is 81.6 Å². The summed E-state index contributed by atoms with van der Waals surface area (Å²) in [6.07, 6.45) is 2.98. The molecule has 0 spiro atoms. The maximum atomic E-state index is 11.6. The Hall–Kier alpha value is -1.75. The second kappa shape index (κ2) is 6.61. The highest BCUT2D eigenvalue weighted by Gasteiger charge is 2.27. The van der Waals surface area contributed by atoms with Crippen molar-refractivity contribution < 1.29 is 9.53 Å². The highest BCUT2D eigenvalue weighted by atomic mass is 16.5. The Morgan fingerprint density at radius 2 is 2.25 bits per heavy atom. The number of ether oxygens (including phenoxy) is 1. The summed E-state index contributed by atoms with van der Waals surface area (Å²) in [4.78, 5) is 13.7. The molecule has 0 aromatic heterocycles. The Bertz CT molecular complexity index is 476. The molecule has 1 aromatic carbocycles. The predicted molar refractivity (Wildman–Crippen MR) is 79.3 cm³/mol. The van der Waals surface area contributed by atoms with Crippen molar-refractivity contribution in [3.8, 4) is 5.75 Å². The molecule has 1 aromatic rings. The molecule has 2 rings (SSSR count). The van der Waals surface area contributed by atoms with Gasteiger partial charge in [-0.1, -0.05) is 6.42 Å². The third kappa shape index (κ3) is 3.42. The van der Waals surface area contributed by atoms with Crippen LogP contribution in [-0.2, 0) is 11.3 Å². The van der Waals surface area contributed by atoms with Crippen molar-refractivity contribution in [1.29, 1.82) is 0 Å². The van der Waals surface area contributed by atoms with Gasteiger partial charge in [0.15, 0.2) is 0 Å². The number of benzene rings is 1. The monoisotopic (exact) mass is 277 g/mol. The van der Waals surface area contributed by atoms with Crippen LogP contribution in [0.4, 0.5) is 5.69 Å². The number of likely N-dealkylation sites (tertiary alicyclic amines) is 1. The van der Waals surface area contributed by atoms with Gasteiger partial charge in [0.05, 0.1) is 12.6 Å². The fourth-order valence-corrected chi connectivity index (χ4v) is 2.74. The van der Waals surface area contributed by atoms with E-state index in [4.69, 9.17) is 16.2 Å². The number of hydrogen-bond donors (Lipinski definition) is 2. The molecule has 5 heteroatoms. The fourth-order valence-electron chi connectivity index (χ4n) is 2.74. The van der Waals surface area contributed by atoms with Gasteiger partial charge in [-0.3, -0.25) is 9.69 Å². The van der Waals surface area contributed by atoms with E-state index in [0.29, 0.717) is 18.8 Å². The summed E-state index contributed by atoms with van der Waals surface area (Å²) in [7, 11) is 0. The van der Waals surface area contributed by atoms with Crippen LogP contribution in [0.25, 0.3) is 0 Å². The maximum Gasteiger partial charge on any atom is 0.234 e. The zero-order chi connectivity index (χ0) is 14.5. The van der Waals surface area contributed by atoms with Crippen LogP contribution in [0.15, 0.2) is 18.2 Å². The van der Waals surface area contributed by atoms with Crippen molar-refractivity contribution >= 4 is 11.6 Å². The first-order chi connectivity index (χ1) is 9.61. The van der Waals surface area contributed by atoms with Crippen LogP contribution >= 0.6 is 0 Å². The molecule has 5 nitrogen and oxygen atoms in total. The Kier molecular flexibility index (Phi) is 4.84. The Balaban J connectivity index is 2.18. The number of carbonyl (C=O) groups is 1.